The highest BCUT2D eigenvalue weighted by atomic mass is 16.4. The van der Waals surface area contributed by atoms with E-state index in [2.05, 4.69) is 11.1 Å². The number of benzene rings is 1. The van der Waals surface area contributed by atoms with Crippen LogP contribution < -0.4 is 4.90 Å². The lowest BCUT2D eigenvalue weighted by Gasteiger charge is -2.22. The lowest BCUT2D eigenvalue weighted by atomic mass is 10.0. The van der Waals surface area contributed by atoms with Gasteiger partial charge >= 0.3 is 5.97 Å². The molecule has 1 heterocycles. The first-order chi connectivity index (χ1) is 9.47. The number of rotatable bonds is 4. The van der Waals surface area contributed by atoms with Crippen LogP contribution in [0, 0.1) is 13.8 Å². The molecule has 0 bridgehead atoms. The van der Waals surface area contributed by atoms with Crippen LogP contribution in [-0.2, 0) is 0 Å². The van der Waals surface area contributed by atoms with E-state index in [-0.39, 0.29) is 5.56 Å². The van der Waals surface area contributed by atoms with Gasteiger partial charge in [-0.05, 0) is 45.4 Å². The van der Waals surface area contributed by atoms with Gasteiger partial charge in [0.1, 0.15) is 11.4 Å². The predicted octanol–water partition coefficient (Wildman–Crippen LogP) is 3.40. The standard InChI is InChI=1S/C16H20N2O2/c1-5-18(6-2)15-13(16(19)20)9-12-8-10(3)7-11(4)14(12)17-15/h7-9H,5-6H2,1-4H3,(H,19,20). The Bertz CT molecular complexity index is 661. The summed E-state index contributed by atoms with van der Waals surface area (Å²) in [6.45, 7) is 9.49. The number of aromatic nitrogens is 1. The molecule has 2 aromatic rings. The third-order valence-electron chi connectivity index (χ3n) is 3.53. The number of nitrogens with zero attached hydrogens (tertiary/aromatic N) is 2. The van der Waals surface area contributed by atoms with Gasteiger partial charge in [-0.2, -0.15) is 0 Å². The number of aryl methyl sites for hydroxylation is 2. The van der Waals surface area contributed by atoms with E-state index in [9.17, 15) is 9.90 Å². The smallest absolute Gasteiger partial charge is 0.339 e. The Morgan fingerprint density at radius 2 is 1.85 bits per heavy atom. The Kier molecular flexibility index (Phi) is 3.93. The maximum Gasteiger partial charge on any atom is 0.339 e. The molecule has 0 amide bonds. The Morgan fingerprint density at radius 3 is 2.40 bits per heavy atom. The summed E-state index contributed by atoms with van der Waals surface area (Å²) in [5, 5.41) is 10.3. The van der Waals surface area contributed by atoms with Crippen molar-refractivity contribution in [2.45, 2.75) is 27.7 Å². The van der Waals surface area contributed by atoms with Crippen LogP contribution in [0.15, 0.2) is 18.2 Å². The second kappa shape index (κ2) is 5.49. The van der Waals surface area contributed by atoms with E-state index in [0.29, 0.717) is 5.82 Å². The van der Waals surface area contributed by atoms with Crippen molar-refractivity contribution in [3.05, 3.63) is 34.9 Å². The van der Waals surface area contributed by atoms with Crippen LogP contribution in [-0.4, -0.2) is 29.1 Å². The molecule has 0 fully saturated rings. The molecular weight excluding hydrogens is 252 g/mol. The summed E-state index contributed by atoms with van der Waals surface area (Å²) in [6.07, 6.45) is 0. The molecule has 0 saturated heterocycles. The van der Waals surface area contributed by atoms with Crippen molar-refractivity contribution in [3.8, 4) is 0 Å². The van der Waals surface area contributed by atoms with Crippen LogP contribution in [0.2, 0.25) is 0 Å². The number of anilines is 1. The van der Waals surface area contributed by atoms with Gasteiger partial charge in [0.05, 0.1) is 5.52 Å². The maximum absolute atomic E-state index is 11.5. The van der Waals surface area contributed by atoms with Crippen LogP contribution in [0.5, 0.6) is 0 Å². The van der Waals surface area contributed by atoms with E-state index in [1.807, 2.05) is 38.7 Å². The minimum atomic E-state index is -0.930. The van der Waals surface area contributed by atoms with Crippen molar-refractivity contribution in [3.63, 3.8) is 0 Å². The lowest BCUT2D eigenvalue weighted by Crippen LogP contribution is -2.25. The zero-order chi connectivity index (χ0) is 14.9. The van der Waals surface area contributed by atoms with Crippen molar-refractivity contribution in [2.24, 2.45) is 0 Å². The number of hydrogen-bond donors (Lipinski definition) is 1. The first-order valence-corrected chi connectivity index (χ1v) is 6.88. The summed E-state index contributed by atoms with van der Waals surface area (Å²) < 4.78 is 0. The van der Waals surface area contributed by atoms with Crippen molar-refractivity contribution in [1.29, 1.82) is 0 Å². The molecule has 0 aliphatic carbocycles. The predicted molar refractivity (Wildman–Crippen MR) is 81.7 cm³/mol. The van der Waals surface area contributed by atoms with Gasteiger partial charge in [-0.25, -0.2) is 9.78 Å². The highest BCUT2D eigenvalue weighted by molar-refractivity contribution is 5.99. The summed E-state index contributed by atoms with van der Waals surface area (Å²) in [4.78, 5) is 18.1. The minimum Gasteiger partial charge on any atom is -0.478 e. The average molecular weight is 272 g/mol. The molecule has 20 heavy (non-hydrogen) atoms. The second-order valence-electron chi connectivity index (χ2n) is 4.99. The normalized spacial score (nSPS) is 10.8. The molecule has 1 aromatic heterocycles. The van der Waals surface area contributed by atoms with E-state index in [0.717, 1.165) is 35.1 Å². The summed E-state index contributed by atoms with van der Waals surface area (Å²) in [5.41, 5.74) is 3.34. The third-order valence-corrected chi connectivity index (χ3v) is 3.53. The molecule has 4 nitrogen and oxygen atoms in total. The summed E-state index contributed by atoms with van der Waals surface area (Å²) >= 11 is 0. The first kappa shape index (κ1) is 14.3. The van der Waals surface area contributed by atoms with Crippen LogP contribution in [0.1, 0.15) is 35.3 Å². The number of carboxylic acids is 1. The Labute approximate surface area is 119 Å². The monoisotopic (exact) mass is 272 g/mol. The molecular formula is C16H20N2O2. The molecule has 0 atom stereocenters. The van der Waals surface area contributed by atoms with Crippen LogP contribution in [0.4, 0.5) is 5.82 Å². The van der Waals surface area contributed by atoms with Gasteiger partial charge in [0.2, 0.25) is 0 Å². The molecule has 106 valence electrons. The molecule has 0 aliphatic heterocycles. The Morgan fingerprint density at radius 1 is 1.20 bits per heavy atom. The zero-order valence-electron chi connectivity index (χ0n) is 12.4. The van der Waals surface area contributed by atoms with Gasteiger partial charge in [-0.15, -0.1) is 0 Å². The van der Waals surface area contributed by atoms with E-state index in [1.165, 1.54) is 0 Å². The molecule has 1 N–H and O–H groups in total. The van der Waals surface area contributed by atoms with E-state index in [1.54, 1.807) is 6.07 Å². The fourth-order valence-electron chi connectivity index (χ4n) is 2.56. The zero-order valence-corrected chi connectivity index (χ0v) is 12.4. The fraction of sp³-hybridized carbons (Fsp3) is 0.375. The summed E-state index contributed by atoms with van der Waals surface area (Å²) in [5.74, 6) is -0.373. The maximum atomic E-state index is 11.5. The molecule has 0 saturated carbocycles. The number of carbonyl (C=O) groups is 1. The van der Waals surface area contributed by atoms with E-state index >= 15 is 0 Å². The molecule has 0 radical (unpaired) electrons. The topological polar surface area (TPSA) is 53.4 Å². The second-order valence-corrected chi connectivity index (χ2v) is 4.99. The van der Waals surface area contributed by atoms with Gasteiger partial charge < -0.3 is 10.0 Å². The van der Waals surface area contributed by atoms with Crippen molar-refractivity contribution in [1.82, 2.24) is 4.98 Å². The molecule has 2 rings (SSSR count). The first-order valence-electron chi connectivity index (χ1n) is 6.88. The highest BCUT2D eigenvalue weighted by Gasteiger charge is 2.18. The van der Waals surface area contributed by atoms with E-state index in [4.69, 9.17) is 0 Å². The summed E-state index contributed by atoms with van der Waals surface area (Å²) in [7, 11) is 0. The number of fused-ring (bicyclic) bond motifs is 1. The number of aromatic carboxylic acids is 1. The third kappa shape index (κ3) is 2.46. The number of pyridine rings is 1. The number of carboxylic acid groups (broad SMARTS) is 1. The molecule has 0 unspecified atom stereocenters. The van der Waals surface area contributed by atoms with Crippen molar-refractivity contribution in [2.75, 3.05) is 18.0 Å². The van der Waals surface area contributed by atoms with Gasteiger partial charge in [-0.1, -0.05) is 11.6 Å². The quantitative estimate of drug-likeness (QED) is 0.926. The van der Waals surface area contributed by atoms with Gasteiger partial charge in [0.25, 0.3) is 0 Å². The minimum absolute atomic E-state index is 0.270. The largest absolute Gasteiger partial charge is 0.478 e. The fourth-order valence-corrected chi connectivity index (χ4v) is 2.56. The Balaban J connectivity index is 2.78. The summed E-state index contributed by atoms with van der Waals surface area (Å²) in [6, 6.07) is 5.79. The highest BCUT2D eigenvalue weighted by Crippen LogP contribution is 2.26. The van der Waals surface area contributed by atoms with Crippen molar-refractivity contribution < 1.29 is 9.90 Å². The van der Waals surface area contributed by atoms with Crippen LogP contribution in [0.3, 0.4) is 0 Å². The molecule has 4 heteroatoms. The molecule has 0 aliphatic rings. The van der Waals surface area contributed by atoms with Gasteiger partial charge in [0, 0.05) is 18.5 Å². The van der Waals surface area contributed by atoms with Crippen molar-refractivity contribution >= 4 is 22.7 Å². The van der Waals surface area contributed by atoms with Crippen LogP contribution in [0.25, 0.3) is 10.9 Å². The Hall–Kier alpha value is -2.10. The van der Waals surface area contributed by atoms with Gasteiger partial charge in [-0.3, -0.25) is 0 Å². The van der Waals surface area contributed by atoms with E-state index < -0.39 is 5.97 Å². The van der Waals surface area contributed by atoms with Gasteiger partial charge in [0.15, 0.2) is 0 Å². The molecule has 1 aromatic carbocycles. The number of hydrogen-bond acceptors (Lipinski definition) is 3. The lowest BCUT2D eigenvalue weighted by molar-refractivity contribution is 0.0697. The SMILES string of the molecule is CCN(CC)c1nc2c(C)cc(C)cc2cc1C(=O)O. The van der Waals surface area contributed by atoms with Crippen LogP contribution >= 0.6 is 0 Å². The average Bonchev–Trinajstić information content (AvgIpc) is 2.39. The molecule has 0 spiro atoms.